The molecule has 22 heavy (non-hydrogen) atoms. The number of carbonyl (C=O) groups excluding carboxylic acids is 2. The highest BCUT2D eigenvalue weighted by Crippen LogP contribution is 2.30. The molecule has 1 N–H and O–H groups in total. The monoisotopic (exact) mass is 297 g/mol. The summed E-state index contributed by atoms with van der Waals surface area (Å²) in [4.78, 5) is 23.8. The molecular weight excluding hydrogens is 282 g/mol. The minimum absolute atomic E-state index is 0.153. The maximum Gasteiger partial charge on any atom is 0.414 e. The average molecular weight is 297 g/mol. The van der Waals surface area contributed by atoms with Crippen LogP contribution in [0.15, 0.2) is 60.7 Å². The third kappa shape index (κ3) is 3.51. The topological polar surface area (TPSA) is 67.9 Å². The Morgan fingerprint density at radius 1 is 1.05 bits per heavy atom. The lowest BCUT2D eigenvalue weighted by Gasteiger charge is -2.16. The van der Waals surface area contributed by atoms with E-state index in [1.54, 1.807) is 30.3 Å². The van der Waals surface area contributed by atoms with E-state index in [2.05, 4.69) is 5.32 Å². The molecule has 1 heterocycles. The molecule has 1 aliphatic rings. The molecule has 0 saturated carbocycles. The van der Waals surface area contributed by atoms with E-state index in [1.807, 2.05) is 30.3 Å². The van der Waals surface area contributed by atoms with Crippen LogP contribution in [0.25, 0.3) is 0 Å². The molecule has 0 bridgehead atoms. The second kappa shape index (κ2) is 6.41. The van der Waals surface area contributed by atoms with Gasteiger partial charge >= 0.3 is 6.09 Å². The molecule has 112 valence electrons. The first kappa shape index (κ1) is 14.3. The highest BCUT2D eigenvalue weighted by molar-refractivity contribution is 6.02. The zero-order valence-corrected chi connectivity index (χ0v) is 11.8. The van der Waals surface area contributed by atoms with Crippen LogP contribution in [0.2, 0.25) is 0 Å². The number of hydrogen-bond acceptors (Lipinski definition) is 4. The van der Waals surface area contributed by atoms with E-state index < -0.39 is 18.1 Å². The summed E-state index contributed by atoms with van der Waals surface area (Å²) in [6, 6.07) is 17.8. The number of epoxide rings is 1. The van der Waals surface area contributed by atoms with Gasteiger partial charge < -0.3 is 9.47 Å². The van der Waals surface area contributed by atoms with Crippen LogP contribution in [0.4, 0.5) is 4.79 Å². The molecule has 0 radical (unpaired) electrons. The van der Waals surface area contributed by atoms with Crippen molar-refractivity contribution in [2.75, 3.05) is 6.61 Å². The van der Waals surface area contributed by atoms with Crippen LogP contribution < -0.4 is 5.32 Å². The summed E-state index contributed by atoms with van der Waals surface area (Å²) >= 11 is 0. The van der Waals surface area contributed by atoms with Gasteiger partial charge in [0.2, 0.25) is 0 Å². The van der Waals surface area contributed by atoms with E-state index in [4.69, 9.17) is 9.47 Å². The lowest BCUT2D eigenvalue weighted by molar-refractivity contribution is 0.0717. The van der Waals surface area contributed by atoms with Crippen molar-refractivity contribution in [3.8, 4) is 0 Å². The normalized spacial score (nSPS) is 17.4. The molecule has 0 spiro atoms. The van der Waals surface area contributed by atoms with Crippen molar-refractivity contribution in [3.05, 3.63) is 71.8 Å². The Morgan fingerprint density at radius 3 is 2.23 bits per heavy atom. The van der Waals surface area contributed by atoms with Crippen molar-refractivity contribution in [1.29, 1.82) is 0 Å². The fraction of sp³-hybridized carbons (Fsp3) is 0.176. The molecule has 1 fully saturated rings. The Bertz CT molecular complexity index is 653. The maximum atomic E-state index is 11.9. The molecule has 2 atom stereocenters. The largest absolute Gasteiger partial charge is 0.438 e. The summed E-state index contributed by atoms with van der Waals surface area (Å²) < 4.78 is 10.6. The summed E-state index contributed by atoms with van der Waals surface area (Å²) in [6.07, 6.45) is -1.44. The van der Waals surface area contributed by atoms with Crippen molar-refractivity contribution in [1.82, 2.24) is 5.32 Å². The fourth-order valence-corrected chi connectivity index (χ4v) is 2.13. The molecule has 2 aromatic carbocycles. The Kier molecular flexibility index (Phi) is 4.16. The third-order valence-corrected chi connectivity index (χ3v) is 3.31. The number of imide groups is 1. The summed E-state index contributed by atoms with van der Waals surface area (Å²) in [5.41, 5.74) is 1.24. The van der Waals surface area contributed by atoms with Crippen molar-refractivity contribution >= 4 is 12.0 Å². The van der Waals surface area contributed by atoms with E-state index in [0.717, 1.165) is 5.56 Å². The minimum atomic E-state index is -0.779. The predicted octanol–water partition coefficient (Wildman–Crippen LogP) is 2.69. The summed E-state index contributed by atoms with van der Waals surface area (Å²) in [6.45, 7) is 0.541. The fourth-order valence-electron chi connectivity index (χ4n) is 2.13. The van der Waals surface area contributed by atoms with E-state index >= 15 is 0 Å². The number of rotatable bonds is 4. The van der Waals surface area contributed by atoms with Gasteiger partial charge in [0.05, 0.1) is 6.61 Å². The SMILES string of the molecule is O=C(NC(=O)c1ccccc1)OC(c1ccccc1)C1CO1. The second-order valence-electron chi connectivity index (χ2n) is 4.93. The van der Waals surface area contributed by atoms with Crippen LogP contribution in [-0.4, -0.2) is 24.7 Å². The van der Waals surface area contributed by atoms with Crippen molar-refractivity contribution in [3.63, 3.8) is 0 Å². The smallest absolute Gasteiger partial charge is 0.414 e. The standard InChI is InChI=1S/C17H15NO4/c19-16(13-9-5-2-6-10-13)18-17(20)22-15(14-11-21-14)12-7-3-1-4-8-12/h1-10,14-15H,11H2,(H,18,19,20). The molecule has 1 saturated heterocycles. The van der Waals surface area contributed by atoms with Gasteiger partial charge in [-0.1, -0.05) is 48.5 Å². The zero-order valence-electron chi connectivity index (χ0n) is 11.8. The number of carbonyl (C=O) groups is 2. The van der Waals surface area contributed by atoms with Crippen molar-refractivity contribution < 1.29 is 19.1 Å². The summed E-state index contributed by atoms with van der Waals surface area (Å²) in [5.74, 6) is -0.492. The van der Waals surface area contributed by atoms with Gasteiger partial charge in [0.15, 0.2) is 6.10 Å². The minimum Gasteiger partial charge on any atom is -0.438 e. The van der Waals surface area contributed by atoms with Crippen LogP contribution in [0.3, 0.4) is 0 Å². The molecule has 3 rings (SSSR count). The first-order valence-electron chi connectivity index (χ1n) is 6.97. The Balaban J connectivity index is 1.64. The molecule has 2 amide bonds. The van der Waals surface area contributed by atoms with Gasteiger partial charge in [-0.15, -0.1) is 0 Å². The van der Waals surface area contributed by atoms with Gasteiger partial charge in [-0.25, -0.2) is 4.79 Å². The lowest BCUT2D eigenvalue weighted by Crippen LogP contribution is -2.33. The molecule has 5 nitrogen and oxygen atoms in total. The highest BCUT2D eigenvalue weighted by atomic mass is 16.6. The summed E-state index contributed by atoms with van der Waals surface area (Å²) in [7, 11) is 0. The zero-order chi connectivity index (χ0) is 15.4. The van der Waals surface area contributed by atoms with E-state index in [0.29, 0.717) is 12.2 Å². The maximum absolute atomic E-state index is 11.9. The van der Waals surface area contributed by atoms with Gasteiger partial charge in [0, 0.05) is 5.56 Å². The summed E-state index contributed by atoms with van der Waals surface area (Å²) in [5, 5.41) is 2.22. The molecular formula is C17H15NO4. The quantitative estimate of drug-likeness (QED) is 0.881. The first-order valence-corrected chi connectivity index (χ1v) is 6.97. The number of benzene rings is 2. The highest BCUT2D eigenvalue weighted by Gasteiger charge is 2.37. The molecule has 2 aromatic rings. The Labute approximate surface area is 127 Å². The number of hydrogen-bond donors (Lipinski definition) is 1. The molecule has 2 unspecified atom stereocenters. The molecule has 0 aliphatic carbocycles. The Morgan fingerprint density at radius 2 is 1.64 bits per heavy atom. The number of ether oxygens (including phenoxy) is 2. The number of nitrogens with one attached hydrogen (secondary N) is 1. The van der Waals surface area contributed by atoms with Gasteiger partial charge in [-0.2, -0.15) is 0 Å². The van der Waals surface area contributed by atoms with Gasteiger partial charge in [0.1, 0.15) is 6.10 Å². The van der Waals surface area contributed by atoms with Crippen LogP contribution in [-0.2, 0) is 9.47 Å². The third-order valence-electron chi connectivity index (χ3n) is 3.31. The first-order chi connectivity index (χ1) is 10.7. The van der Waals surface area contributed by atoms with E-state index in [-0.39, 0.29) is 6.10 Å². The van der Waals surface area contributed by atoms with Gasteiger partial charge in [0.25, 0.3) is 5.91 Å². The Hall–Kier alpha value is -2.66. The predicted molar refractivity (Wildman–Crippen MR) is 79.3 cm³/mol. The van der Waals surface area contributed by atoms with Crippen LogP contribution >= 0.6 is 0 Å². The van der Waals surface area contributed by atoms with Crippen LogP contribution in [0.1, 0.15) is 22.0 Å². The van der Waals surface area contributed by atoms with E-state index in [9.17, 15) is 9.59 Å². The van der Waals surface area contributed by atoms with Crippen LogP contribution in [0.5, 0.6) is 0 Å². The van der Waals surface area contributed by atoms with Crippen LogP contribution in [0, 0.1) is 0 Å². The number of alkyl carbamates (subject to hydrolysis) is 1. The van der Waals surface area contributed by atoms with Gasteiger partial charge in [-0.3, -0.25) is 10.1 Å². The molecule has 1 aliphatic heterocycles. The average Bonchev–Trinajstić information content (AvgIpc) is 3.39. The lowest BCUT2D eigenvalue weighted by atomic mass is 10.1. The van der Waals surface area contributed by atoms with E-state index in [1.165, 1.54) is 0 Å². The molecule has 5 heteroatoms. The van der Waals surface area contributed by atoms with Crippen molar-refractivity contribution in [2.45, 2.75) is 12.2 Å². The second-order valence-corrected chi connectivity index (χ2v) is 4.93. The van der Waals surface area contributed by atoms with Gasteiger partial charge in [-0.05, 0) is 17.7 Å². The van der Waals surface area contributed by atoms with Crippen molar-refractivity contribution in [2.24, 2.45) is 0 Å². The number of amides is 2. The molecule has 0 aromatic heterocycles.